The van der Waals surface area contributed by atoms with Gasteiger partial charge in [0.25, 0.3) is 5.56 Å². The second-order valence-corrected chi connectivity index (χ2v) is 8.78. The molecule has 0 radical (unpaired) electrons. The Morgan fingerprint density at radius 2 is 1.86 bits per heavy atom. The second-order valence-electron chi connectivity index (χ2n) is 5.98. The molecule has 2 aromatic carbocycles. The van der Waals surface area contributed by atoms with Gasteiger partial charge in [-0.3, -0.25) is 9.36 Å². The van der Waals surface area contributed by atoms with Gasteiger partial charge < -0.3 is 0 Å². The number of primary sulfonamides is 1. The van der Waals surface area contributed by atoms with E-state index in [1.54, 1.807) is 28.8 Å². The van der Waals surface area contributed by atoms with Crippen molar-refractivity contribution in [1.82, 2.24) is 9.55 Å². The van der Waals surface area contributed by atoms with Crippen LogP contribution < -0.4 is 10.7 Å². The maximum Gasteiger partial charge on any atom is 0.262 e. The molecule has 0 saturated carbocycles. The van der Waals surface area contributed by atoms with Gasteiger partial charge in [0.1, 0.15) is 0 Å². The number of rotatable bonds is 7. The van der Waals surface area contributed by atoms with Crippen LogP contribution in [0.4, 0.5) is 0 Å². The molecule has 0 spiro atoms. The number of halogens is 1. The largest absolute Gasteiger partial charge is 0.287 e. The van der Waals surface area contributed by atoms with Crippen LogP contribution in [0, 0.1) is 0 Å². The predicted molar refractivity (Wildman–Crippen MR) is 113 cm³/mol. The normalized spacial score (nSPS) is 12.1. The summed E-state index contributed by atoms with van der Waals surface area (Å²) in [5.41, 5.74) is 2.87. The second kappa shape index (κ2) is 8.91. The minimum absolute atomic E-state index is 0.0601. The Morgan fingerprint density at radius 3 is 2.54 bits per heavy atom. The zero-order valence-electron chi connectivity index (χ0n) is 14.8. The lowest BCUT2D eigenvalue weighted by molar-refractivity contribution is 0.594. The Kier molecular flexibility index (Phi) is 6.56. The molecule has 0 saturated heterocycles. The number of nitrogens with two attached hydrogens (primary N) is 1. The summed E-state index contributed by atoms with van der Waals surface area (Å²) in [4.78, 5) is 17.6. The quantitative estimate of drug-likeness (QED) is 0.454. The smallest absolute Gasteiger partial charge is 0.262 e. The highest BCUT2D eigenvalue weighted by molar-refractivity contribution is 7.99. The van der Waals surface area contributed by atoms with E-state index < -0.39 is 10.0 Å². The molecular weight excluding hydrogens is 418 g/mol. The molecular formula is C19H18ClN3O3S2. The molecule has 0 atom stereocenters. The van der Waals surface area contributed by atoms with Gasteiger partial charge in [0.2, 0.25) is 10.0 Å². The molecule has 0 aliphatic rings. The summed E-state index contributed by atoms with van der Waals surface area (Å²) in [6, 6.07) is 13.6. The molecule has 0 aliphatic heterocycles. The highest BCUT2D eigenvalue weighted by Gasteiger charge is 2.12. The van der Waals surface area contributed by atoms with E-state index in [1.807, 2.05) is 18.2 Å². The number of aryl methyl sites for hydroxylation is 1. The van der Waals surface area contributed by atoms with Gasteiger partial charge in [-0.2, -0.15) is 0 Å². The maximum absolute atomic E-state index is 13.0. The first-order chi connectivity index (χ1) is 13.4. The molecule has 28 heavy (non-hydrogen) atoms. The van der Waals surface area contributed by atoms with Crippen LogP contribution in [-0.2, 0) is 23.0 Å². The number of benzene rings is 2. The van der Waals surface area contributed by atoms with Crippen LogP contribution in [0.1, 0.15) is 5.56 Å². The molecule has 3 aromatic rings. The van der Waals surface area contributed by atoms with E-state index in [0.717, 1.165) is 5.56 Å². The summed E-state index contributed by atoms with van der Waals surface area (Å²) in [6.45, 7) is 0.415. The zero-order valence-corrected chi connectivity index (χ0v) is 17.2. The van der Waals surface area contributed by atoms with Crippen molar-refractivity contribution in [2.45, 2.75) is 23.0 Å². The van der Waals surface area contributed by atoms with E-state index in [0.29, 0.717) is 34.8 Å². The first-order valence-corrected chi connectivity index (χ1v) is 11.4. The molecule has 0 amide bonds. The number of para-hydroxylation sites is 1. The standard InChI is InChI=1S/C19H18ClN3O3S2/c20-11-3-13-27-19-22-17-5-2-1-4-16(17)18(24)23(19)12-10-14-6-8-15(9-7-14)28(21,25)26/h1-9,11H,10,12-13H2,(H2,21,25,26)/b11-3+. The fourth-order valence-corrected chi connectivity index (χ4v) is 4.25. The molecule has 1 aromatic heterocycles. The van der Waals surface area contributed by atoms with Crippen molar-refractivity contribution in [3.8, 4) is 0 Å². The Balaban J connectivity index is 1.91. The lowest BCUT2D eigenvalue weighted by Gasteiger charge is -2.13. The third-order valence-electron chi connectivity index (χ3n) is 4.10. The van der Waals surface area contributed by atoms with Crippen LogP contribution in [0.3, 0.4) is 0 Å². The molecule has 0 aliphatic carbocycles. The van der Waals surface area contributed by atoms with Gasteiger partial charge in [0.15, 0.2) is 5.16 Å². The Morgan fingerprint density at radius 1 is 1.14 bits per heavy atom. The van der Waals surface area contributed by atoms with Crippen LogP contribution in [0.5, 0.6) is 0 Å². The van der Waals surface area contributed by atoms with E-state index in [2.05, 4.69) is 4.98 Å². The summed E-state index contributed by atoms with van der Waals surface area (Å²) in [7, 11) is -3.72. The number of fused-ring (bicyclic) bond motifs is 1. The van der Waals surface area contributed by atoms with E-state index >= 15 is 0 Å². The number of sulfonamides is 1. The molecule has 2 N–H and O–H groups in total. The SMILES string of the molecule is NS(=O)(=O)c1ccc(CCn2c(SC/C=C/Cl)nc3ccccc3c2=O)cc1. The van der Waals surface area contributed by atoms with Crippen molar-refractivity contribution in [2.75, 3.05) is 5.75 Å². The maximum atomic E-state index is 13.0. The predicted octanol–water partition coefficient (Wildman–Crippen LogP) is 3.13. The summed E-state index contributed by atoms with van der Waals surface area (Å²) < 4.78 is 24.4. The molecule has 9 heteroatoms. The molecule has 1 heterocycles. The first-order valence-electron chi connectivity index (χ1n) is 8.39. The topological polar surface area (TPSA) is 95.1 Å². The van der Waals surface area contributed by atoms with Crippen LogP contribution in [0.25, 0.3) is 10.9 Å². The molecule has 0 unspecified atom stereocenters. The summed E-state index contributed by atoms with van der Waals surface area (Å²) >= 11 is 7.01. The van der Waals surface area contributed by atoms with Crippen LogP contribution >= 0.6 is 23.4 Å². The van der Waals surface area contributed by atoms with Crippen LogP contribution in [-0.4, -0.2) is 23.7 Å². The van der Waals surface area contributed by atoms with Gasteiger partial charge in [-0.25, -0.2) is 18.5 Å². The van der Waals surface area contributed by atoms with Crippen molar-refractivity contribution in [3.63, 3.8) is 0 Å². The van der Waals surface area contributed by atoms with Gasteiger partial charge in [-0.15, -0.1) is 0 Å². The van der Waals surface area contributed by atoms with Gasteiger partial charge in [0, 0.05) is 17.8 Å². The lowest BCUT2D eigenvalue weighted by Crippen LogP contribution is -2.24. The van der Waals surface area contributed by atoms with E-state index in [1.165, 1.54) is 29.4 Å². The minimum Gasteiger partial charge on any atom is -0.287 e. The van der Waals surface area contributed by atoms with Crippen molar-refractivity contribution in [2.24, 2.45) is 5.14 Å². The molecule has 0 bridgehead atoms. The van der Waals surface area contributed by atoms with Gasteiger partial charge >= 0.3 is 0 Å². The zero-order chi connectivity index (χ0) is 20.1. The molecule has 146 valence electrons. The van der Waals surface area contributed by atoms with Gasteiger partial charge in [-0.05, 0) is 36.2 Å². The fourth-order valence-electron chi connectivity index (χ4n) is 2.70. The average Bonchev–Trinajstić information content (AvgIpc) is 2.67. The van der Waals surface area contributed by atoms with E-state index in [9.17, 15) is 13.2 Å². The third-order valence-corrected chi connectivity index (χ3v) is 6.14. The number of aromatic nitrogens is 2. The number of nitrogens with zero attached hydrogens (tertiary/aromatic N) is 2. The monoisotopic (exact) mass is 435 g/mol. The minimum atomic E-state index is -3.72. The number of hydrogen-bond donors (Lipinski definition) is 1. The Bertz CT molecular complexity index is 1170. The fraction of sp³-hybridized carbons (Fsp3) is 0.158. The molecule has 0 fully saturated rings. The highest BCUT2D eigenvalue weighted by atomic mass is 35.5. The highest BCUT2D eigenvalue weighted by Crippen LogP contribution is 2.19. The van der Waals surface area contributed by atoms with Crippen molar-refractivity contribution < 1.29 is 8.42 Å². The summed E-state index contributed by atoms with van der Waals surface area (Å²) in [6.07, 6.45) is 2.33. The van der Waals surface area contributed by atoms with Gasteiger partial charge in [0.05, 0.1) is 15.8 Å². The average molecular weight is 436 g/mol. The number of thioether (sulfide) groups is 1. The van der Waals surface area contributed by atoms with Crippen molar-refractivity contribution >= 4 is 44.3 Å². The molecule has 6 nitrogen and oxygen atoms in total. The summed E-state index contributed by atoms with van der Waals surface area (Å²) in [5, 5.41) is 6.29. The lowest BCUT2D eigenvalue weighted by atomic mass is 10.1. The third kappa shape index (κ3) is 4.82. The number of hydrogen-bond acceptors (Lipinski definition) is 5. The Labute approximate surface area is 172 Å². The van der Waals surface area contributed by atoms with E-state index in [-0.39, 0.29) is 10.5 Å². The van der Waals surface area contributed by atoms with Crippen molar-refractivity contribution in [3.05, 3.63) is 76.1 Å². The van der Waals surface area contributed by atoms with E-state index in [4.69, 9.17) is 16.7 Å². The van der Waals surface area contributed by atoms with Gasteiger partial charge in [-0.1, -0.05) is 53.7 Å². The van der Waals surface area contributed by atoms with Crippen LogP contribution in [0.2, 0.25) is 0 Å². The first kappa shape index (κ1) is 20.6. The summed E-state index contributed by atoms with van der Waals surface area (Å²) in [5.74, 6) is 0.595. The molecule has 3 rings (SSSR count). The van der Waals surface area contributed by atoms with Crippen molar-refractivity contribution in [1.29, 1.82) is 0 Å². The Hall–Kier alpha value is -2.13. The van der Waals surface area contributed by atoms with Crippen LogP contribution in [0.15, 0.2) is 75.0 Å².